The van der Waals surface area contributed by atoms with Crippen LogP contribution in [0, 0.1) is 12.8 Å². The second kappa shape index (κ2) is 9.67. The summed E-state index contributed by atoms with van der Waals surface area (Å²) >= 11 is 1.51. The first-order valence-electron chi connectivity index (χ1n) is 11.3. The molecule has 0 unspecified atom stereocenters. The molecular weight excluding hydrogens is 456 g/mol. The first kappa shape index (κ1) is 24.7. The van der Waals surface area contributed by atoms with Crippen LogP contribution in [0.1, 0.15) is 32.9 Å². The van der Waals surface area contributed by atoms with E-state index >= 15 is 0 Å². The van der Waals surface area contributed by atoms with E-state index in [1.54, 1.807) is 33.4 Å². The molecule has 11 heteroatoms. The Balaban J connectivity index is 1.72. The van der Waals surface area contributed by atoms with Gasteiger partial charge in [-0.3, -0.25) is 4.98 Å². The average molecular weight is 489 g/mol. The van der Waals surface area contributed by atoms with Gasteiger partial charge in [-0.25, -0.2) is 9.97 Å². The zero-order valence-electron chi connectivity index (χ0n) is 20.0. The monoisotopic (exact) mass is 488 g/mol. The van der Waals surface area contributed by atoms with Gasteiger partial charge in [-0.1, -0.05) is 0 Å². The number of aryl methyl sites for hydroxylation is 1. The second-order valence-electron chi connectivity index (χ2n) is 9.37. The molecule has 3 aromatic heterocycles. The van der Waals surface area contributed by atoms with E-state index < -0.39 is 29.8 Å². The fourth-order valence-corrected chi connectivity index (χ4v) is 5.30. The number of thiazole rings is 1. The van der Waals surface area contributed by atoms with Gasteiger partial charge in [-0.05, 0) is 40.2 Å². The molecular formula is C23H32N6O4S. The number of rotatable bonds is 8. The summed E-state index contributed by atoms with van der Waals surface area (Å²) in [6.45, 7) is 7.63. The van der Waals surface area contributed by atoms with Gasteiger partial charge >= 0.3 is 0 Å². The number of nitrogens with zero attached hydrogens (tertiary/aromatic N) is 4. The van der Waals surface area contributed by atoms with Crippen LogP contribution in [0.3, 0.4) is 0 Å². The Bertz CT molecular complexity index is 1120. The lowest BCUT2D eigenvalue weighted by Gasteiger charge is -2.28. The molecule has 5 atom stereocenters. The van der Waals surface area contributed by atoms with E-state index in [4.69, 9.17) is 14.7 Å². The summed E-state index contributed by atoms with van der Waals surface area (Å²) < 4.78 is 6.29. The van der Waals surface area contributed by atoms with Gasteiger partial charge in [-0.2, -0.15) is 4.98 Å². The lowest BCUT2D eigenvalue weighted by Crippen LogP contribution is -2.40. The molecule has 0 amide bonds. The Morgan fingerprint density at radius 2 is 2.00 bits per heavy atom. The zero-order valence-corrected chi connectivity index (χ0v) is 20.8. The summed E-state index contributed by atoms with van der Waals surface area (Å²) in [6.07, 6.45) is 1.66. The Morgan fingerprint density at radius 1 is 1.24 bits per heavy atom. The fraction of sp³-hybridized carbons (Fsp3) is 0.565. The molecule has 1 saturated carbocycles. The van der Waals surface area contributed by atoms with Crippen LogP contribution >= 0.6 is 11.3 Å². The van der Waals surface area contributed by atoms with Gasteiger partial charge in [0.2, 0.25) is 5.95 Å². The van der Waals surface area contributed by atoms with Gasteiger partial charge in [0.25, 0.3) is 0 Å². The molecule has 34 heavy (non-hydrogen) atoms. The molecule has 4 rings (SSSR count). The maximum Gasteiger partial charge on any atom is 0.224 e. The van der Waals surface area contributed by atoms with E-state index in [-0.39, 0.29) is 6.10 Å². The number of pyridine rings is 1. The van der Waals surface area contributed by atoms with Crippen LogP contribution in [-0.4, -0.2) is 78.9 Å². The molecule has 3 heterocycles. The molecule has 184 valence electrons. The molecule has 5 N–H and O–H groups in total. The number of aromatic nitrogens is 4. The largest absolute Gasteiger partial charge is 0.390 e. The summed E-state index contributed by atoms with van der Waals surface area (Å²) in [7, 11) is 1.64. The highest BCUT2D eigenvalue weighted by Gasteiger charge is 2.47. The van der Waals surface area contributed by atoms with Crippen molar-refractivity contribution in [3.05, 3.63) is 24.2 Å². The maximum atomic E-state index is 10.8. The van der Waals surface area contributed by atoms with Gasteiger partial charge in [0.05, 0.1) is 46.0 Å². The van der Waals surface area contributed by atoms with Crippen LogP contribution in [0.25, 0.3) is 20.8 Å². The van der Waals surface area contributed by atoms with E-state index in [2.05, 4.69) is 20.6 Å². The number of hydrogen-bond donors (Lipinski definition) is 5. The number of methoxy groups -OCH3 is 1. The molecule has 10 nitrogen and oxygen atoms in total. The first-order chi connectivity index (χ1) is 16.1. The topological polar surface area (TPSA) is 146 Å². The van der Waals surface area contributed by atoms with Gasteiger partial charge in [0.15, 0.2) is 0 Å². The number of ether oxygens (including phenoxy) is 1. The van der Waals surface area contributed by atoms with Gasteiger partial charge < -0.3 is 30.7 Å². The Labute approximate surface area is 202 Å². The summed E-state index contributed by atoms with van der Waals surface area (Å²) in [5, 5.41) is 39.1. The van der Waals surface area contributed by atoms with Crippen LogP contribution < -0.4 is 10.6 Å². The summed E-state index contributed by atoms with van der Waals surface area (Å²) in [5.74, 6) is 0.433. The number of nitrogens with one attached hydrogen (secondary N) is 2. The van der Waals surface area contributed by atoms with Crippen molar-refractivity contribution in [1.29, 1.82) is 0 Å². The van der Waals surface area contributed by atoms with E-state index in [1.807, 2.05) is 19.9 Å². The van der Waals surface area contributed by atoms with E-state index in [9.17, 15) is 15.3 Å². The number of aliphatic hydroxyl groups is 3. The van der Waals surface area contributed by atoms with Gasteiger partial charge in [0, 0.05) is 25.8 Å². The number of aliphatic hydroxyl groups excluding tert-OH is 2. The minimum absolute atomic E-state index is 0.0314. The highest BCUT2D eigenvalue weighted by atomic mass is 32.1. The van der Waals surface area contributed by atoms with Crippen LogP contribution in [0.4, 0.5) is 11.8 Å². The van der Waals surface area contributed by atoms with Crippen molar-refractivity contribution in [2.75, 3.05) is 24.3 Å². The van der Waals surface area contributed by atoms with E-state index in [1.165, 1.54) is 11.3 Å². The Kier molecular flexibility index (Phi) is 7.02. The third kappa shape index (κ3) is 4.98. The molecule has 0 saturated heterocycles. The van der Waals surface area contributed by atoms with Crippen LogP contribution in [0.5, 0.6) is 0 Å². The average Bonchev–Trinajstić information content (AvgIpc) is 3.33. The minimum Gasteiger partial charge on any atom is -0.390 e. The second-order valence-corrected chi connectivity index (χ2v) is 10.4. The van der Waals surface area contributed by atoms with E-state index in [0.29, 0.717) is 30.4 Å². The smallest absolute Gasteiger partial charge is 0.224 e. The van der Waals surface area contributed by atoms with Crippen LogP contribution in [-0.2, 0) is 4.74 Å². The van der Waals surface area contributed by atoms with E-state index in [0.717, 1.165) is 20.8 Å². The molecule has 1 fully saturated rings. The Morgan fingerprint density at radius 3 is 2.65 bits per heavy atom. The lowest BCUT2D eigenvalue weighted by molar-refractivity contribution is -0.0601. The molecule has 0 aromatic carbocycles. The molecule has 0 radical (unpaired) electrons. The molecule has 1 aliphatic carbocycles. The maximum absolute atomic E-state index is 10.8. The first-order valence-corrected chi connectivity index (χ1v) is 12.1. The van der Waals surface area contributed by atoms with Crippen molar-refractivity contribution in [2.45, 2.75) is 64.1 Å². The minimum atomic E-state index is -1.13. The van der Waals surface area contributed by atoms with Crippen molar-refractivity contribution < 1.29 is 20.1 Å². The van der Waals surface area contributed by atoms with Crippen molar-refractivity contribution in [3.8, 4) is 10.6 Å². The van der Waals surface area contributed by atoms with Crippen LogP contribution in [0.15, 0.2) is 18.5 Å². The predicted molar refractivity (Wildman–Crippen MR) is 132 cm³/mol. The zero-order chi connectivity index (χ0) is 24.6. The summed E-state index contributed by atoms with van der Waals surface area (Å²) in [5.41, 5.74) is 1.08. The third-order valence-corrected chi connectivity index (χ3v) is 7.41. The molecule has 3 aromatic rings. The number of hydrogen-bond acceptors (Lipinski definition) is 11. The highest BCUT2D eigenvalue weighted by molar-refractivity contribution is 7.21. The summed E-state index contributed by atoms with van der Waals surface area (Å²) in [6, 6.07) is 1.40. The van der Waals surface area contributed by atoms with Crippen molar-refractivity contribution in [2.24, 2.45) is 5.92 Å². The standard InChI is InChI=1S/C23H32N6O4S/c1-11(33-5)9-25-22-26-12(2)17(21-28-15-10-24-7-6-16(15)34-21)20(29-22)27-14-8-13(23(3,4)32)18(30)19(14)31/h6-7,10-11,13-14,18-19,30-32H,8-9H2,1-5H3,(H2,25,26,27,29)/t11-,13+,14-,18-,19+/m1/s1. The molecule has 0 spiro atoms. The normalized spacial score (nSPS) is 23.9. The number of anilines is 2. The SMILES string of the molecule is CO[C@H](C)CNc1nc(C)c(-c2nc3cnccc3s2)c(N[C@@H]2C[C@H](C(C)(C)O)[C@@H](O)[C@H]2O)n1. The fourth-order valence-electron chi connectivity index (χ4n) is 4.27. The molecule has 1 aliphatic rings. The van der Waals surface area contributed by atoms with Crippen molar-refractivity contribution >= 4 is 33.3 Å². The van der Waals surface area contributed by atoms with Gasteiger partial charge in [0.1, 0.15) is 22.4 Å². The quantitative estimate of drug-likeness (QED) is 0.320. The number of fused-ring (bicyclic) bond motifs is 1. The lowest BCUT2D eigenvalue weighted by atomic mass is 9.88. The predicted octanol–water partition coefficient (Wildman–Crippen LogP) is 2.20. The highest BCUT2D eigenvalue weighted by Crippen LogP contribution is 2.40. The van der Waals surface area contributed by atoms with Crippen molar-refractivity contribution in [1.82, 2.24) is 19.9 Å². The third-order valence-electron chi connectivity index (χ3n) is 6.36. The molecule has 0 bridgehead atoms. The summed E-state index contributed by atoms with van der Waals surface area (Å²) in [4.78, 5) is 18.2. The van der Waals surface area contributed by atoms with Gasteiger partial charge in [-0.15, -0.1) is 11.3 Å². The Hall–Kier alpha value is -2.44. The van der Waals surface area contributed by atoms with Crippen LogP contribution in [0.2, 0.25) is 0 Å². The van der Waals surface area contributed by atoms with Crippen molar-refractivity contribution in [3.63, 3.8) is 0 Å². The molecule has 0 aliphatic heterocycles.